The molecular formula is C15H17BO3. The first-order valence-electron chi connectivity index (χ1n) is 6.22. The van der Waals surface area contributed by atoms with E-state index in [4.69, 9.17) is 4.74 Å². The second kappa shape index (κ2) is 5.91. The molecule has 0 radical (unpaired) electrons. The zero-order chi connectivity index (χ0) is 13.8. The first-order chi connectivity index (χ1) is 9.08. The molecule has 2 aromatic carbocycles. The second-order valence-corrected chi connectivity index (χ2v) is 4.63. The van der Waals surface area contributed by atoms with Crippen LogP contribution in [0.25, 0.3) is 0 Å². The molecule has 19 heavy (non-hydrogen) atoms. The zero-order valence-electron chi connectivity index (χ0n) is 11.1. The molecule has 0 spiro atoms. The molecule has 0 aliphatic carbocycles. The van der Waals surface area contributed by atoms with Gasteiger partial charge < -0.3 is 14.8 Å². The Hall–Kier alpha value is -1.78. The number of ether oxygens (including phenoxy) is 1. The van der Waals surface area contributed by atoms with Crippen LogP contribution >= 0.6 is 0 Å². The molecule has 2 aromatic rings. The van der Waals surface area contributed by atoms with Gasteiger partial charge >= 0.3 is 7.12 Å². The smallest absolute Gasteiger partial charge is 0.489 e. The molecule has 3 nitrogen and oxygen atoms in total. The average Bonchev–Trinajstić information content (AvgIpc) is 2.38. The molecule has 98 valence electrons. The van der Waals surface area contributed by atoms with Crippen LogP contribution in [0, 0.1) is 13.8 Å². The molecule has 0 amide bonds. The maximum atomic E-state index is 9.36. The molecule has 0 heterocycles. The van der Waals surface area contributed by atoms with Crippen LogP contribution in [-0.2, 0) is 6.61 Å². The quantitative estimate of drug-likeness (QED) is 0.816. The molecule has 0 saturated heterocycles. The third-order valence-corrected chi connectivity index (χ3v) is 3.09. The van der Waals surface area contributed by atoms with Crippen LogP contribution in [0.2, 0.25) is 0 Å². The highest BCUT2D eigenvalue weighted by Gasteiger charge is 2.17. The van der Waals surface area contributed by atoms with Crippen LogP contribution in [-0.4, -0.2) is 17.2 Å². The van der Waals surface area contributed by atoms with Gasteiger partial charge in [0.25, 0.3) is 0 Å². The van der Waals surface area contributed by atoms with Crippen molar-refractivity contribution in [2.75, 3.05) is 0 Å². The maximum Gasteiger partial charge on any atom is 0.492 e. The third kappa shape index (κ3) is 3.37. The van der Waals surface area contributed by atoms with Gasteiger partial charge in [-0.1, -0.05) is 42.0 Å². The van der Waals surface area contributed by atoms with Crippen LogP contribution in [0.5, 0.6) is 5.75 Å². The fourth-order valence-electron chi connectivity index (χ4n) is 1.93. The summed E-state index contributed by atoms with van der Waals surface area (Å²) in [5.74, 6) is 0.504. The van der Waals surface area contributed by atoms with Crippen molar-refractivity contribution in [2.24, 2.45) is 0 Å². The topological polar surface area (TPSA) is 49.7 Å². The number of hydrogen-bond donors (Lipinski definition) is 2. The zero-order valence-corrected chi connectivity index (χ0v) is 11.1. The molecule has 0 unspecified atom stereocenters. The molecule has 2 rings (SSSR count). The number of benzene rings is 2. The standard InChI is InChI=1S/C15H17BO3/c1-11-7-8-15(14(9-11)16(17)18)19-10-13-6-4-3-5-12(13)2/h3-9,17-18H,10H2,1-2H3. The Bertz CT molecular complexity index is 567. The highest BCUT2D eigenvalue weighted by molar-refractivity contribution is 6.59. The van der Waals surface area contributed by atoms with E-state index < -0.39 is 7.12 Å². The summed E-state index contributed by atoms with van der Waals surface area (Å²) in [7, 11) is -1.52. The molecule has 0 bridgehead atoms. The lowest BCUT2D eigenvalue weighted by Crippen LogP contribution is -2.31. The first kappa shape index (κ1) is 13.7. The van der Waals surface area contributed by atoms with Crippen LogP contribution in [0.4, 0.5) is 0 Å². The highest BCUT2D eigenvalue weighted by atomic mass is 16.5. The average molecular weight is 256 g/mol. The van der Waals surface area contributed by atoms with Crippen molar-refractivity contribution >= 4 is 12.6 Å². The normalized spacial score (nSPS) is 10.3. The van der Waals surface area contributed by atoms with E-state index in [-0.39, 0.29) is 0 Å². The third-order valence-electron chi connectivity index (χ3n) is 3.09. The summed E-state index contributed by atoms with van der Waals surface area (Å²) in [5, 5.41) is 18.7. The van der Waals surface area contributed by atoms with Crippen molar-refractivity contribution in [1.82, 2.24) is 0 Å². The minimum absolute atomic E-state index is 0.397. The lowest BCUT2D eigenvalue weighted by Gasteiger charge is -2.13. The summed E-state index contributed by atoms with van der Waals surface area (Å²) in [6, 6.07) is 13.3. The van der Waals surface area contributed by atoms with Crippen LogP contribution in [0.1, 0.15) is 16.7 Å². The van der Waals surface area contributed by atoms with E-state index in [9.17, 15) is 10.0 Å². The minimum Gasteiger partial charge on any atom is -0.489 e. The summed E-state index contributed by atoms with van der Waals surface area (Å²) >= 11 is 0. The Kier molecular flexibility index (Phi) is 4.25. The van der Waals surface area contributed by atoms with Gasteiger partial charge in [0.1, 0.15) is 12.4 Å². The van der Waals surface area contributed by atoms with Crippen molar-refractivity contribution < 1.29 is 14.8 Å². The molecule has 4 heteroatoms. The fourth-order valence-corrected chi connectivity index (χ4v) is 1.93. The first-order valence-corrected chi connectivity index (χ1v) is 6.22. The van der Waals surface area contributed by atoms with Gasteiger partial charge in [0, 0.05) is 5.46 Å². The van der Waals surface area contributed by atoms with Gasteiger partial charge in [-0.2, -0.15) is 0 Å². The monoisotopic (exact) mass is 256 g/mol. The van der Waals surface area contributed by atoms with Gasteiger partial charge in [-0.15, -0.1) is 0 Å². The van der Waals surface area contributed by atoms with E-state index in [0.29, 0.717) is 17.8 Å². The van der Waals surface area contributed by atoms with E-state index in [1.54, 1.807) is 12.1 Å². The van der Waals surface area contributed by atoms with Gasteiger partial charge in [-0.05, 0) is 31.0 Å². The minimum atomic E-state index is -1.52. The van der Waals surface area contributed by atoms with E-state index in [2.05, 4.69) is 0 Å². The Labute approximate surface area is 113 Å². The molecular weight excluding hydrogens is 239 g/mol. The molecule has 0 aromatic heterocycles. The van der Waals surface area contributed by atoms with Crippen molar-refractivity contribution in [1.29, 1.82) is 0 Å². The Morgan fingerprint density at radius 3 is 2.47 bits per heavy atom. The summed E-state index contributed by atoms with van der Waals surface area (Å²) < 4.78 is 5.70. The summed E-state index contributed by atoms with van der Waals surface area (Å²) in [6.45, 7) is 4.34. The molecule has 0 atom stereocenters. The molecule has 0 fully saturated rings. The summed E-state index contributed by atoms with van der Waals surface area (Å²) in [5.41, 5.74) is 3.60. The van der Waals surface area contributed by atoms with Gasteiger partial charge in [0.05, 0.1) is 0 Å². The number of hydrogen-bond acceptors (Lipinski definition) is 3. The van der Waals surface area contributed by atoms with E-state index in [1.165, 1.54) is 0 Å². The molecule has 0 saturated carbocycles. The van der Waals surface area contributed by atoms with Crippen molar-refractivity contribution in [2.45, 2.75) is 20.5 Å². The fraction of sp³-hybridized carbons (Fsp3) is 0.200. The molecule has 0 aliphatic rings. The van der Waals surface area contributed by atoms with Crippen LogP contribution in [0.3, 0.4) is 0 Å². The second-order valence-electron chi connectivity index (χ2n) is 4.63. The van der Waals surface area contributed by atoms with Crippen molar-refractivity contribution in [3.63, 3.8) is 0 Å². The number of rotatable bonds is 4. The van der Waals surface area contributed by atoms with Crippen molar-refractivity contribution in [3.8, 4) is 5.75 Å². The summed E-state index contributed by atoms with van der Waals surface area (Å²) in [4.78, 5) is 0. The Morgan fingerprint density at radius 2 is 1.79 bits per heavy atom. The Morgan fingerprint density at radius 1 is 1.05 bits per heavy atom. The van der Waals surface area contributed by atoms with Gasteiger partial charge in [-0.3, -0.25) is 0 Å². The van der Waals surface area contributed by atoms with Crippen molar-refractivity contribution in [3.05, 3.63) is 59.2 Å². The predicted octanol–water partition coefficient (Wildman–Crippen LogP) is 1.56. The SMILES string of the molecule is Cc1ccc(OCc2ccccc2C)c(B(O)O)c1. The van der Waals surface area contributed by atoms with Crippen LogP contribution in [0.15, 0.2) is 42.5 Å². The van der Waals surface area contributed by atoms with E-state index in [1.807, 2.05) is 44.2 Å². The highest BCUT2D eigenvalue weighted by Crippen LogP contribution is 2.14. The Balaban J connectivity index is 2.18. The van der Waals surface area contributed by atoms with E-state index >= 15 is 0 Å². The maximum absolute atomic E-state index is 9.36. The summed E-state index contributed by atoms with van der Waals surface area (Å²) in [6.07, 6.45) is 0. The lowest BCUT2D eigenvalue weighted by molar-refractivity contribution is 0.306. The van der Waals surface area contributed by atoms with Gasteiger partial charge in [-0.25, -0.2) is 0 Å². The van der Waals surface area contributed by atoms with E-state index in [0.717, 1.165) is 16.7 Å². The van der Waals surface area contributed by atoms with Gasteiger partial charge in [0.2, 0.25) is 0 Å². The predicted molar refractivity (Wildman–Crippen MR) is 76.5 cm³/mol. The van der Waals surface area contributed by atoms with Crippen LogP contribution < -0.4 is 10.2 Å². The van der Waals surface area contributed by atoms with Gasteiger partial charge in [0.15, 0.2) is 0 Å². The largest absolute Gasteiger partial charge is 0.492 e. The lowest BCUT2D eigenvalue weighted by atomic mass is 9.79. The molecule has 2 N–H and O–H groups in total. The number of aryl methyl sites for hydroxylation is 2. The molecule has 0 aliphatic heterocycles.